The molecule has 1 unspecified atom stereocenters. The van der Waals surface area contributed by atoms with Gasteiger partial charge >= 0.3 is 5.97 Å². The number of hydrogen-bond acceptors (Lipinski definition) is 5. The van der Waals surface area contributed by atoms with Gasteiger partial charge in [-0.2, -0.15) is 4.31 Å². The van der Waals surface area contributed by atoms with Crippen molar-refractivity contribution in [3.8, 4) is 0 Å². The highest BCUT2D eigenvalue weighted by Crippen LogP contribution is 2.26. The summed E-state index contributed by atoms with van der Waals surface area (Å²) in [4.78, 5) is 26.1. The normalized spacial score (nSPS) is 15.8. The van der Waals surface area contributed by atoms with E-state index in [2.05, 4.69) is 0 Å². The topological polar surface area (TPSA) is 84.0 Å². The molecule has 0 spiro atoms. The second-order valence-corrected chi connectivity index (χ2v) is 9.45. The smallest absolute Gasteiger partial charge is 0.339 e. The van der Waals surface area contributed by atoms with Crippen molar-refractivity contribution in [3.05, 3.63) is 65.5 Å². The number of amides is 1. The Hall–Kier alpha value is -2.78. The van der Waals surface area contributed by atoms with Crippen molar-refractivity contribution in [3.63, 3.8) is 0 Å². The van der Waals surface area contributed by atoms with Gasteiger partial charge in [-0.25, -0.2) is 17.6 Å². The summed E-state index contributed by atoms with van der Waals surface area (Å²) in [5.41, 5.74) is 0.322. The summed E-state index contributed by atoms with van der Waals surface area (Å²) in [7, 11) is -1.01. The molecular weight excluding hydrogens is 423 g/mol. The summed E-state index contributed by atoms with van der Waals surface area (Å²) < 4.78 is 46.9. The molecule has 0 bridgehead atoms. The van der Waals surface area contributed by atoms with Crippen LogP contribution in [0.15, 0.2) is 53.4 Å². The molecule has 3 rings (SSSR count). The van der Waals surface area contributed by atoms with E-state index in [0.717, 1.165) is 24.6 Å². The maximum absolute atomic E-state index is 14.4. The van der Waals surface area contributed by atoms with Gasteiger partial charge in [0.05, 0.1) is 5.56 Å². The molecule has 1 atom stereocenters. The lowest BCUT2D eigenvalue weighted by Crippen LogP contribution is -2.36. The number of nitrogens with zero attached hydrogens (tertiary/aromatic N) is 2. The van der Waals surface area contributed by atoms with E-state index < -0.39 is 38.7 Å². The van der Waals surface area contributed by atoms with Gasteiger partial charge in [0.1, 0.15) is 10.7 Å². The van der Waals surface area contributed by atoms with Crippen molar-refractivity contribution in [1.29, 1.82) is 0 Å². The lowest BCUT2D eigenvalue weighted by molar-refractivity contribution is -0.138. The number of piperidine rings is 1. The van der Waals surface area contributed by atoms with E-state index in [1.807, 2.05) is 0 Å². The Kier molecular flexibility index (Phi) is 7.07. The predicted octanol–water partition coefficient (Wildman–Crippen LogP) is 2.99. The third-order valence-corrected chi connectivity index (χ3v) is 7.01. The predicted molar refractivity (Wildman–Crippen MR) is 112 cm³/mol. The van der Waals surface area contributed by atoms with Crippen molar-refractivity contribution in [2.75, 3.05) is 27.2 Å². The van der Waals surface area contributed by atoms with Gasteiger partial charge in [0.15, 0.2) is 0 Å². The van der Waals surface area contributed by atoms with Crippen LogP contribution in [-0.4, -0.2) is 56.7 Å². The number of likely N-dealkylation sites (N-methyl/N-ethyl adjacent to an activating group) is 1. The Morgan fingerprint density at radius 2 is 1.68 bits per heavy atom. The first-order valence-electron chi connectivity index (χ1n) is 9.98. The average molecular weight is 449 g/mol. The number of benzene rings is 2. The fourth-order valence-electron chi connectivity index (χ4n) is 3.37. The summed E-state index contributed by atoms with van der Waals surface area (Å²) in [6, 6.07) is 11.5. The second-order valence-electron chi connectivity index (χ2n) is 7.54. The summed E-state index contributed by atoms with van der Waals surface area (Å²) in [6.07, 6.45) is 1.11. The number of esters is 1. The third-order valence-electron chi connectivity index (χ3n) is 5.09. The van der Waals surface area contributed by atoms with E-state index in [9.17, 15) is 22.4 Å². The first-order valence-corrected chi connectivity index (χ1v) is 11.4. The third kappa shape index (κ3) is 5.11. The van der Waals surface area contributed by atoms with Crippen LogP contribution in [0.5, 0.6) is 0 Å². The van der Waals surface area contributed by atoms with Crippen LogP contribution >= 0.6 is 0 Å². The standard InChI is InChI=1S/C22H25FN2O5S/c1-24(2)21(26)20(16-9-5-3-6-10-16)30-22(27)17-11-12-18(23)19(15-17)31(28,29)25-13-7-4-8-14-25/h3,5-6,9-12,15,20H,4,7-8,13-14H2,1-2H3. The zero-order valence-corrected chi connectivity index (χ0v) is 18.3. The van der Waals surface area contributed by atoms with Gasteiger partial charge in [-0.05, 0) is 31.0 Å². The Bertz CT molecular complexity index is 1050. The van der Waals surface area contributed by atoms with Crippen molar-refractivity contribution in [2.45, 2.75) is 30.3 Å². The molecule has 1 aliphatic rings. The minimum Gasteiger partial charge on any atom is -0.444 e. The van der Waals surface area contributed by atoms with Gasteiger partial charge in [0.25, 0.3) is 5.91 Å². The van der Waals surface area contributed by atoms with E-state index >= 15 is 0 Å². The largest absolute Gasteiger partial charge is 0.444 e. The molecule has 2 aromatic carbocycles. The molecule has 0 saturated carbocycles. The molecule has 166 valence electrons. The van der Waals surface area contributed by atoms with Crippen molar-refractivity contribution in [1.82, 2.24) is 9.21 Å². The van der Waals surface area contributed by atoms with Gasteiger partial charge in [-0.3, -0.25) is 4.79 Å². The summed E-state index contributed by atoms with van der Waals surface area (Å²) in [5.74, 6) is -2.31. The highest BCUT2D eigenvalue weighted by Gasteiger charge is 2.31. The van der Waals surface area contributed by atoms with E-state index in [1.54, 1.807) is 30.3 Å². The first kappa shape index (κ1) is 22.9. The molecule has 1 saturated heterocycles. The molecule has 0 aliphatic carbocycles. The molecule has 0 N–H and O–H groups in total. The fraction of sp³-hybridized carbons (Fsp3) is 0.364. The summed E-state index contributed by atoms with van der Waals surface area (Å²) in [6.45, 7) is 0.619. The van der Waals surface area contributed by atoms with Crippen LogP contribution < -0.4 is 0 Å². The van der Waals surface area contributed by atoms with Gasteiger partial charge in [-0.1, -0.05) is 36.8 Å². The van der Waals surface area contributed by atoms with Crippen molar-refractivity contribution in [2.24, 2.45) is 0 Å². The van der Waals surface area contributed by atoms with Crippen LogP contribution in [0, 0.1) is 5.82 Å². The number of rotatable bonds is 6. The first-order chi connectivity index (χ1) is 14.7. The minimum absolute atomic E-state index is 0.149. The molecule has 31 heavy (non-hydrogen) atoms. The van der Waals surface area contributed by atoms with E-state index in [0.29, 0.717) is 31.5 Å². The maximum atomic E-state index is 14.4. The molecule has 1 heterocycles. The zero-order chi connectivity index (χ0) is 22.6. The van der Waals surface area contributed by atoms with Crippen LogP contribution in [0.2, 0.25) is 0 Å². The lowest BCUT2D eigenvalue weighted by Gasteiger charge is -2.26. The Morgan fingerprint density at radius 1 is 1.03 bits per heavy atom. The molecule has 2 aromatic rings. The number of sulfonamides is 1. The number of ether oxygens (including phenoxy) is 1. The summed E-state index contributed by atoms with van der Waals surface area (Å²) in [5, 5.41) is 0. The number of carbonyl (C=O) groups excluding carboxylic acids is 2. The highest BCUT2D eigenvalue weighted by atomic mass is 32.2. The molecular formula is C22H25FN2O5S. The molecule has 1 fully saturated rings. The van der Waals surface area contributed by atoms with Gasteiger partial charge < -0.3 is 9.64 Å². The Morgan fingerprint density at radius 3 is 2.29 bits per heavy atom. The van der Waals surface area contributed by atoms with E-state index in [4.69, 9.17) is 4.74 Å². The van der Waals surface area contributed by atoms with E-state index in [1.165, 1.54) is 23.3 Å². The second kappa shape index (κ2) is 9.57. The molecule has 0 aromatic heterocycles. The van der Waals surface area contributed by atoms with Crippen molar-refractivity contribution >= 4 is 21.9 Å². The number of carbonyl (C=O) groups is 2. The van der Waals surface area contributed by atoms with Crippen molar-refractivity contribution < 1.29 is 27.1 Å². The number of hydrogen-bond donors (Lipinski definition) is 0. The molecule has 0 radical (unpaired) electrons. The zero-order valence-electron chi connectivity index (χ0n) is 17.5. The Labute approximate surface area is 181 Å². The maximum Gasteiger partial charge on any atom is 0.339 e. The molecule has 1 amide bonds. The fourth-order valence-corrected chi connectivity index (χ4v) is 4.98. The van der Waals surface area contributed by atoms with Crippen LogP contribution in [0.4, 0.5) is 4.39 Å². The quantitative estimate of drug-likeness (QED) is 0.635. The van der Waals surface area contributed by atoms with Gasteiger partial charge in [0, 0.05) is 32.7 Å². The monoisotopic (exact) mass is 448 g/mol. The van der Waals surface area contributed by atoms with Crippen LogP contribution in [0.25, 0.3) is 0 Å². The van der Waals surface area contributed by atoms with Gasteiger partial charge in [0.2, 0.25) is 16.1 Å². The SMILES string of the molecule is CN(C)C(=O)C(OC(=O)c1ccc(F)c(S(=O)(=O)N2CCCCC2)c1)c1ccccc1. The highest BCUT2D eigenvalue weighted by molar-refractivity contribution is 7.89. The summed E-state index contributed by atoms with van der Waals surface area (Å²) >= 11 is 0. The Balaban J connectivity index is 1.91. The van der Waals surface area contributed by atoms with E-state index in [-0.39, 0.29) is 5.56 Å². The molecule has 7 nitrogen and oxygen atoms in total. The minimum atomic E-state index is -4.08. The van der Waals surface area contributed by atoms with Crippen LogP contribution in [0.3, 0.4) is 0 Å². The number of halogens is 1. The molecule has 1 aliphatic heterocycles. The average Bonchev–Trinajstić information content (AvgIpc) is 2.78. The molecule has 9 heteroatoms. The van der Waals surface area contributed by atoms with Crippen LogP contribution in [-0.2, 0) is 19.6 Å². The van der Waals surface area contributed by atoms with Gasteiger partial charge in [-0.15, -0.1) is 0 Å². The lowest BCUT2D eigenvalue weighted by atomic mass is 10.1. The van der Waals surface area contributed by atoms with Crippen LogP contribution in [0.1, 0.15) is 41.3 Å².